The lowest BCUT2D eigenvalue weighted by Crippen LogP contribution is -2.32. The fraction of sp³-hybridized carbons (Fsp3) is 0.143. The first-order valence-electron chi connectivity index (χ1n) is 11.3. The standard InChI is InChI=1S/C28H24FN3O3/c1-18-21(8-5-9-22(18)29)27(33)30-23-13-12-19(17-26(23)35-2)28(34)32-16-14-20-7-6-15-31(20)24-10-3-4-11-25(24)32/h3-13,15,17H,14,16H2,1-2H3,(H,30,33). The van der Waals surface area contributed by atoms with Crippen LogP contribution in [-0.4, -0.2) is 30.0 Å². The van der Waals surface area contributed by atoms with Crippen molar-refractivity contribution in [1.82, 2.24) is 4.57 Å². The average Bonchev–Trinajstić information content (AvgIpc) is 3.28. The normalized spacial score (nSPS) is 12.4. The van der Waals surface area contributed by atoms with Crippen LogP contribution in [0.1, 0.15) is 32.0 Å². The van der Waals surface area contributed by atoms with Crippen molar-refractivity contribution in [3.63, 3.8) is 0 Å². The van der Waals surface area contributed by atoms with Crippen LogP contribution < -0.4 is 15.0 Å². The van der Waals surface area contributed by atoms with Crippen molar-refractivity contribution in [1.29, 1.82) is 0 Å². The van der Waals surface area contributed by atoms with Gasteiger partial charge in [0.25, 0.3) is 11.8 Å². The number of aromatic nitrogens is 1. The van der Waals surface area contributed by atoms with Crippen LogP contribution in [0, 0.1) is 12.7 Å². The molecule has 2 amide bonds. The lowest BCUT2D eigenvalue weighted by atomic mass is 10.1. The first-order valence-corrected chi connectivity index (χ1v) is 11.3. The summed E-state index contributed by atoms with van der Waals surface area (Å²) in [7, 11) is 1.47. The molecule has 0 aliphatic carbocycles. The molecule has 7 heteroatoms. The second-order valence-electron chi connectivity index (χ2n) is 8.35. The molecule has 0 spiro atoms. The molecule has 1 aliphatic heterocycles. The van der Waals surface area contributed by atoms with E-state index < -0.39 is 11.7 Å². The number of methoxy groups -OCH3 is 1. The summed E-state index contributed by atoms with van der Waals surface area (Å²) in [5, 5.41) is 2.77. The van der Waals surface area contributed by atoms with Gasteiger partial charge in [-0.25, -0.2) is 4.39 Å². The number of nitrogens with one attached hydrogen (secondary N) is 1. The van der Waals surface area contributed by atoms with Gasteiger partial charge in [-0.05, 0) is 67.1 Å². The summed E-state index contributed by atoms with van der Waals surface area (Å²) in [6.07, 6.45) is 2.72. The number of carbonyl (C=O) groups excluding carboxylic acids is 2. The van der Waals surface area contributed by atoms with E-state index in [1.165, 1.54) is 19.2 Å². The quantitative estimate of drug-likeness (QED) is 0.436. The number of para-hydroxylation sites is 2. The lowest BCUT2D eigenvalue weighted by Gasteiger charge is -2.23. The number of hydrogen-bond acceptors (Lipinski definition) is 3. The minimum Gasteiger partial charge on any atom is -0.495 e. The van der Waals surface area contributed by atoms with Gasteiger partial charge < -0.3 is 19.5 Å². The molecular weight excluding hydrogens is 445 g/mol. The maximum atomic E-state index is 13.9. The van der Waals surface area contributed by atoms with Gasteiger partial charge in [0.1, 0.15) is 11.6 Å². The highest BCUT2D eigenvalue weighted by atomic mass is 19.1. The summed E-state index contributed by atoms with van der Waals surface area (Å²) in [6.45, 7) is 2.08. The van der Waals surface area contributed by atoms with E-state index in [1.54, 1.807) is 36.1 Å². The molecule has 3 aromatic carbocycles. The molecule has 5 rings (SSSR count). The molecule has 0 radical (unpaired) electrons. The van der Waals surface area contributed by atoms with E-state index in [0.717, 1.165) is 17.1 Å². The van der Waals surface area contributed by atoms with E-state index >= 15 is 0 Å². The van der Waals surface area contributed by atoms with Gasteiger partial charge >= 0.3 is 0 Å². The third-order valence-electron chi connectivity index (χ3n) is 6.31. The molecule has 0 saturated carbocycles. The molecule has 1 aromatic heterocycles. The predicted octanol–water partition coefficient (Wildman–Crippen LogP) is 5.39. The number of halogens is 1. The van der Waals surface area contributed by atoms with Gasteiger partial charge in [-0.15, -0.1) is 0 Å². The molecule has 1 aliphatic rings. The molecule has 176 valence electrons. The zero-order valence-electron chi connectivity index (χ0n) is 19.4. The molecule has 0 unspecified atom stereocenters. The van der Waals surface area contributed by atoms with Crippen LogP contribution in [-0.2, 0) is 6.42 Å². The molecule has 0 atom stereocenters. The third-order valence-corrected chi connectivity index (χ3v) is 6.31. The fourth-order valence-corrected chi connectivity index (χ4v) is 4.44. The van der Waals surface area contributed by atoms with E-state index in [4.69, 9.17) is 4.74 Å². The van der Waals surface area contributed by atoms with Gasteiger partial charge in [0, 0.05) is 36.0 Å². The van der Waals surface area contributed by atoms with E-state index in [9.17, 15) is 14.0 Å². The molecular formula is C28H24FN3O3. The fourth-order valence-electron chi connectivity index (χ4n) is 4.44. The highest BCUT2D eigenvalue weighted by molar-refractivity contribution is 6.09. The Morgan fingerprint density at radius 1 is 0.971 bits per heavy atom. The summed E-state index contributed by atoms with van der Waals surface area (Å²) in [6, 6.07) is 21.1. The zero-order chi connectivity index (χ0) is 24.5. The van der Waals surface area contributed by atoms with Gasteiger partial charge in [0.05, 0.1) is 24.2 Å². The Labute approximate surface area is 202 Å². The average molecular weight is 470 g/mol. The number of nitrogens with zero attached hydrogens (tertiary/aromatic N) is 2. The number of fused-ring (bicyclic) bond motifs is 3. The Kier molecular flexibility index (Phi) is 5.82. The van der Waals surface area contributed by atoms with Gasteiger partial charge in [0.15, 0.2) is 0 Å². The summed E-state index contributed by atoms with van der Waals surface area (Å²) in [5.74, 6) is -0.731. The van der Waals surface area contributed by atoms with Crippen molar-refractivity contribution >= 4 is 23.2 Å². The smallest absolute Gasteiger partial charge is 0.258 e. The van der Waals surface area contributed by atoms with Crippen molar-refractivity contribution < 1.29 is 18.7 Å². The number of amides is 2. The summed E-state index contributed by atoms with van der Waals surface area (Å²) < 4.78 is 21.5. The summed E-state index contributed by atoms with van der Waals surface area (Å²) >= 11 is 0. The Hall–Kier alpha value is -4.39. The predicted molar refractivity (Wildman–Crippen MR) is 133 cm³/mol. The van der Waals surface area contributed by atoms with E-state index in [-0.39, 0.29) is 17.0 Å². The molecule has 4 aromatic rings. The summed E-state index contributed by atoms with van der Waals surface area (Å²) in [5.41, 5.74) is 4.23. The SMILES string of the molecule is COc1cc(C(=O)N2CCc3cccn3-c3ccccc32)ccc1NC(=O)c1cccc(F)c1C. The van der Waals surface area contributed by atoms with Crippen molar-refractivity contribution in [2.45, 2.75) is 13.3 Å². The Morgan fingerprint density at radius 3 is 2.57 bits per heavy atom. The topological polar surface area (TPSA) is 63.6 Å². The molecule has 0 bridgehead atoms. The van der Waals surface area contributed by atoms with Crippen LogP contribution >= 0.6 is 0 Å². The lowest BCUT2D eigenvalue weighted by molar-refractivity contribution is 0.0986. The van der Waals surface area contributed by atoms with Gasteiger partial charge in [-0.2, -0.15) is 0 Å². The molecule has 0 fully saturated rings. The maximum Gasteiger partial charge on any atom is 0.258 e. The monoisotopic (exact) mass is 469 g/mol. The van der Waals surface area contributed by atoms with Gasteiger partial charge in [-0.1, -0.05) is 18.2 Å². The van der Waals surface area contributed by atoms with Crippen LogP contribution in [0.4, 0.5) is 15.8 Å². The Bertz CT molecular complexity index is 1440. The molecule has 0 saturated heterocycles. The Morgan fingerprint density at radius 2 is 1.77 bits per heavy atom. The number of anilines is 2. The number of benzene rings is 3. The molecule has 1 N–H and O–H groups in total. The van der Waals surface area contributed by atoms with E-state index in [1.807, 2.05) is 36.5 Å². The minimum absolute atomic E-state index is 0.166. The molecule has 35 heavy (non-hydrogen) atoms. The number of carbonyl (C=O) groups is 2. The van der Waals surface area contributed by atoms with E-state index in [0.29, 0.717) is 30.0 Å². The zero-order valence-corrected chi connectivity index (χ0v) is 19.4. The minimum atomic E-state index is -0.456. The van der Waals surface area contributed by atoms with Crippen LogP contribution in [0.15, 0.2) is 79.0 Å². The first kappa shape index (κ1) is 22.4. The highest BCUT2D eigenvalue weighted by Gasteiger charge is 2.25. The van der Waals surface area contributed by atoms with Crippen molar-refractivity contribution in [2.24, 2.45) is 0 Å². The largest absolute Gasteiger partial charge is 0.495 e. The third kappa shape index (κ3) is 4.05. The second kappa shape index (κ2) is 9.10. The van der Waals surface area contributed by atoms with Crippen LogP contribution in [0.2, 0.25) is 0 Å². The van der Waals surface area contributed by atoms with Gasteiger partial charge in [-0.3, -0.25) is 9.59 Å². The number of rotatable bonds is 4. The second-order valence-corrected chi connectivity index (χ2v) is 8.35. The number of ether oxygens (including phenoxy) is 1. The highest BCUT2D eigenvalue weighted by Crippen LogP contribution is 2.32. The Balaban J connectivity index is 1.44. The van der Waals surface area contributed by atoms with Crippen molar-refractivity contribution in [3.8, 4) is 11.4 Å². The van der Waals surface area contributed by atoms with Crippen LogP contribution in [0.5, 0.6) is 5.75 Å². The van der Waals surface area contributed by atoms with Crippen LogP contribution in [0.25, 0.3) is 5.69 Å². The van der Waals surface area contributed by atoms with E-state index in [2.05, 4.69) is 16.0 Å². The molecule has 2 heterocycles. The van der Waals surface area contributed by atoms with Crippen LogP contribution in [0.3, 0.4) is 0 Å². The molecule has 6 nitrogen and oxygen atoms in total. The van der Waals surface area contributed by atoms with Gasteiger partial charge in [0.2, 0.25) is 0 Å². The van der Waals surface area contributed by atoms with Crippen molar-refractivity contribution in [3.05, 3.63) is 107 Å². The number of hydrogen-bond donors (Lipinski definition) is 1. The van der Waals surface area contributed by atoms with Crippen molar-refractivity contribution in [2.75, 3.05) is 23.9 Å². The maximum absolute atomic E-state index is 13.9. The summed E-state index contributed by atoms with van der Waals surface area (Å²) in [4.78, 5) is 28.2. The first-order chi connectivity index (χ1) is 17.0.